The summed E-state index contributed by atoms with van der Waals surface area (Å²) in [6.45, 7) is 2.48. The van der Waals surface area contributed by atoms with E-state index in [0.29, 0.717) is 29.6 Å². The molecule has 96 valence electrons. The average Bonchev–Trinajstić information content (AvgIpc) is 3.12. The molecule has 0 aliphatic heterocycles. The smallest absolute Gasteiger partial charge is 0.350 e. The van der Waals surface area contributed by atoms with E-state index in [1.54, 1.807) is 0 Å². The SMILES string of the molecule is COC(=O)c1sc(N(CCC#N)C2CC2)nc1C. The molecule has 5 nitrogen and oxygen atoms in total. The first kappa shape index (κ1) is 12.8. The van der Waals surface area contributed by atoms with Crippen LogP contribution in [0.25, 0.3) is 0 Å². The molecule has 1 aliphatic carbocycles. The number of rotatable bonds is 5. The fraction of sp³-hybridized carbons (Fsp3) is 0.583. The molecule has 6 heteroatoms. The molecule has 2 rings (SSSR count). The zero-order chi connectivity index (χ0) is 13.1. The van der Waals surface area contributed by atoms with Gasteiger partial charge >= 0.3 is 5.97 Å². The van der Waals surface area contributed by atoms with Crippen molar-refractivity contribution in [3.63, 3.8) is 0 Å². The van der Waals surface area contributed by atoms with E-state index in [1.807, 2.05) is 6.92 Å². The van der Waals surface area contributed by atoms with Crippen molar-refractivity contribution in [2.75, 3.05) is 18.6 Å². The van der Waals surface area contributed by atoms with Crippen LogP contribution in [-0.2, 0) is 4.74 Å². The summed E-state index contributed by atoms with van der Waals surface area (Å²) in [6.07, 6.45) is 2.75. The summed E-state index contributed by atoms with van der Waals surface area (Å²) in [7, 11) is 1.37. The van der Waals surface area contributed by atoms with Crippen molar-refractivity contribution < 1.29 is 9.53 Å². The summed E-state index contributed by atoms with van der Waals surface area (Å²) in [5, 5.41) is 9.51. The third kappa shape index (κ3) is 2.62. The number of hydrogen-bond acceptors (Lipinski definition) is 6. The number of nitrogens with zero attached hydrogens (tertiary/aromatic N) is 3. The molecule has 0 atom stereocenters. The molecule has 0 radical (unpaired) electrons. The highest BCUT2D eigenvalue weighted by molar-refractivity contribution is 7.17. The lowest BCUT2D eigenvalue weighted by molar-refractivity contribution is 0.0605. The summed E-state index contributed by atoms with van der Waals surface area (Å²) in [5.41, 5.74) is 0.699. The molecule has 0 N–H and O–H groups in total. The van der Waals surface area contributed by atoms with Gasteiger partial charge in [0.05, 0.1) is 25.3 Å². The molecular weight excluding hydrogens is 250 g/mol. The number of hydrogen-bond donors (Lipinski definition) is 0. The minimum Gasteiger partial charge on any atom is -0.465 e. The van der Waals surface area contributed by atoms with Gasteiger partial charge in [-0.15, -0.1) is 0 Å². The van der Waals surface area contributed by atoms with Crippen LogP contribution in [0.2, 0.25) is 0 Å². The molecule has 18 heavy (non-hydrogen) atoms. The number of methoxy groups -OCH3 is 1. The van der Waals surface area contributed by atoms with Gasteiger partial charge < -0.3 is 9.64 Å². The van der Waals surface area contributed by atoms with Crippen molar-refractivity contribution in [3.05, 3.63) is 10.6 Å². The van der Waals surface area contributed by atoms with Gasteiger partial charge in [-0.2, -0.15) is 5.26 Å². The minimum absolute atomic E-state index is 0.340. The standard InChI is InChI=1S/C12H15N3O2S/c1-8-10(11(16)17-2)18-12(14-8)15(7-3-6-13)9-4-5-9/h9H,3-5,7H2,1-2H3. The first-order valence-electron chi connectivity index (χ1n) is 5.86. The highest BCUT2D eigenvalue weighted by Crippen LogP contribution is 2.35. The summed E-state index contributed by atoms with van der Waals surface area (Å²) in [6, 6.07) is 2.63. The lowest BCUT2D eigenvalue weighted by Crippen LogP contribution is -2.26. The Morgan fingerprint density at radius 1 is 1.67 bits per heavy atom. The molecule has 0 aromatic carbocycles. The number of ether oxygens (including phenoxy) is 1. The third-order valence-electron chi connectivity index (χ3n) is 2.85. The normalized spacial score (nSPS) is 14.1. The Balaban J connectivity index is 2.20. The molecule has 1 aromatic heterocycles. The summed E-state index contributed by atoms with van der Waals surface area (Å²) >= 11 is 1.35. The summed E-state index contributed by atoms with van der Waals surface area (Å²) in [5.74, 6) is -0.340. The monoisotopic (exact) mass is 265 g/mol. The highest BCUT2D eigenvalue weighted by atomic mass is 32.1. The Morgan fingerprint density at radius 3 is 2.94 bits per heavy atom. The Labute approximate surface area is 110 Å². The summed E-state index contributed by atoms with van der Waals surface area (Å²) < 4.78 is 4.73. The van der Waals surface area contributed by atoms with Gasteiger partial charge in [-0.1, -0.05) is 11.3 Å². The second kappa shape index (κ2) is 5.36. The fourth-order valence-corrected chi connectivity index (χ4v) is 2.86. The van der Waals surface area contributed by atoms with Crippen molar-refractivity contribution in [2.45, 2.75) is 32.2 Å². The molecule has 1 aromatic rings. The van der Waals surface area contributed by atoms with Crippen LogP contribution in [0, 0.1) is 18.3 Å². The van der Waals surface area contributed by atoms with Gasteiger partial charge in [-0.3, -0.25) is 0 Å². The zero-order valence-electron chi connectivity index (χ0n) is 10.5. The largest absolute Gasteiger partial charge is 0.465 e. The highest BCUT2D eigenvalue weighted by Gasteiger charge is 2.31. The van der Waals surface area contributed by atoms with Gasteiger partial charge in [0, 0.05) is 12.6 Å². The Kier molecular flexibility index (Phi) is 3.82. The van der Waals surface area contributed by atoms with Crippen LogP contribution in [0.3, 0.4) is 0 Å². The first-order chi connectivity index (χ1) is 8.67. The van der Waals surface area contributed by atoms with Crippen LogP contribution in [0.1, 0.15) is 34.6 Å². The third-order valence-corrected chi connectivity index (χ3v) is 4.03. The van der Waals surface area contributed by atoms with Crippen LogP contribution < -0.4 is 4.90 Å². The molecule has 0 saturated heterocycles. The van der Waals surface area contributed by atoms with Crippen LogP contribution in [-0.4, -0.2) is 30.6 Å². The fourth-order valence-electron chi connectivity index (χ4n) is 1.78. The van der Waals surface area contributed by atoms with Gasteiger partial charge in [-0.05, 0) is 19.8 Å². The molecule has 0 unspecified atom stereocenters. The van der Waals surface area contributed by atoms with Crippen LogP contribution in [0.15, 0.2) is 0 Å². The molecule has 1 aliphatic rings. The molecule has 1 saturated carbocycles. The number of esters is 1. The van der Waals surface area contributed by atoms with E-state index in [2.05, 4.69) is 16.0 Å². The van der Waals surface area contributed by atoms with Crippen molar-refractivity contribution in [1.82, 2.24) is 4.98 Å². The number of anilines is 1. The maximum absolute atomic E-state index is 11.5. The molecular formula is C12H15N3O2S. The Hall–Kier alpha value is -1.61. The minimum atomic E-state index is -0.340. The topological polar surface area (TPSA) is 66.2 Å². The molecule has 1 fully saturated rings. The van der Waals surface area contributed by atoms with E-state index in [1.165, 1.54) is 18.4 Å². The van der Waals surface area contributed by atoms with Crippen LogP contribution in [0.5, 0.6) is 0 Å². The quantitative estimate of drug-likeness (QED) is 0.763. The first-order valence-corrected chi connectivity index (χ1v) is 6.68. The van der Waals surface area contributed by atoms with E-state index in [0.717, 1.165) is 18.0 Å². The molecule has 0 amide bonds. The maximum Gasteiger partial charge on any atom is 0.350 e. The van der Waals surface area contributed by atoms with Crippen molar-refractivity contribution in [3.8, 4) is 6.07 Å². The number of carbonyl (C=O) groups is 1. The van der Waals surface area contributed by atoms with Gasteiger partial charge in [0.1, 0.15) is 4.88 Å². The van der Waals surface area contributed by atoms with E-state index in [4.69, 9.17) is 10.00 Å². The second-order valence-electron chi connectivity index (χ2n) is 4.24. The number of carbonyl (C=O) groups excluding carboxylic acids is 1. The number of aromatic nitrogens is 1. The van der Waals surface area contributed by atoms with Gasteiger partial charge in [0.2, 0.25) is 0 Å². The van der Waals surface area contributed by atoms with E-state index >= 15 is 0 Å². The summed E-state index contributed by atoms with van der Waals surface area (Å²) in [4.78, 5) is 18.7. The van der Waals surface area contributed by atoms with Crippen LogP contribution >= 0.6 is 11.3 Å². The molecule has 1 heterocycles. The average molecular weight is 265 g/mol. The van der Waals surface area contributed by atoms with Crippen molar-refractivity contribution in [2.24, 2.45) is 0 Å². The predicted molar refractivity (Wildman–Crippen MR) is 68.8 cm³/mol. The van der Waals surface area contributed by atoms with Crippen molar-refractivity contribution in [1.29, 1.82) is 5.26 Å². The predicted octanol–water partition coefficient (Wildman–Crippen LogP) is 2.12. The van der Waals surface area contributed by atoms with Gasteiger partial charge in [0.25, 0.3) is 0 Å². The molecule has 0 bridgehead atoms. The number of nitriles is 1. The molecule has 0 spiro atoms. The number of aryl methyl sites for hydroxylation is 1. The van der Waals surface area contributed by atoms with E-state index in [-0.39, 0.29) is 5.97 Å². The Bertz CT molecular complexity index is 488. The zero-order valence-corrected chi connectivity index (χ0v) is 11.3. The second-order valence-corrected chi connectivity index (χ2v) is 5.21. The lowest BCUT2D eigenvalue weighted by Gasteiger charge is -2.19. The van der Waals surface area contributed by atoms with Crippen molar-refractivity contribution >= 4 is 22.4 Å². The van der Waals surface area contributed by atoms with E-state index < -0.39 is 0 Å². The Morgan fingerprint density at radius 2 is 2.39 bits per heavy atom. The number of thiazole rings is 1. The maximum atomic E-state index is 11.5. The lowest BCUT2D eigenvalue weighted by atomic mass is 10.4. The van der Waals surface area contributed by atoms with E-state index in [9.17, 15) is 4.79 Å². The van der Waals surface area contributed by atoms with Gasteiger partial charge in [0.15, 0.2) is 5.13 Å². The van der Waals surface area contributed by atoms with Gasteiger partial charge in [-0.25, -0.2) is 9.78 Å². The van der Waals surface area contributed by atoms with Crippen LogP contribution in [0.4, 0.5) is 5.13 Å².